The van der Waals surface area contributed by atoms with Crippen molar-refractivity contribution in [2.75, 3.05) is 20.2 Å². The SMILES string of the molecule is COc1ccc(CCN2C[C@H](NC(=O)Cc3cccc(C)c3)CC2=O)cc1. The van der Waals surface area contributed by atoms with Crippen LogP contribution in [0.5, 0.6) is 5.75 Å². The van der Waals surface area contributed by atoms with Crippen LogP contribution in [0, 0.1) is 6.92 Å². The van der Waals surface area contributed by atoms with Crippen molar-refractivity contribution in [1.29, 1.82) is 0 Å². The fourth-order valence-corrected chi connectivity index (χ4v) is 3.43. The van der Waals surface area contributed by atoms with Gasteiger partial charge in [0.25, 0.3) is 0 Å². The van der Waals surface area contributed by atoms with Gasteiger partial charge in [-0.3, -0.25) is 9.59 Å². The zero-order chi connectivity index (χ0) is 19.2. The number of rotatable bonds is 7. The first-order valence-corrected chi connectivity index (χ1v) is 9.29. The lowest BCUT2D eigenvalue weighted by Crippen LogP contribution is -2.38. The van der Waals surface area contributed by atoms with Gasteiger partial charge in [0, 0.05) is 19.5 Å². The predicted octanol–water partition coefficient (Wildman–Crippen LogP) is 2.51. The van der Waals surface area contributed by atoms with Crippen LogP contribution in [-0.2, 0) is 22.4 Å². The van der Waals surface area contributed by atoms with Crippen molar-refractivity contribution in [1.82, 2.24) is 10.2 Å². The van der Waals surface area contributed by atoms with Crippen LogP contribution < -0.4 is 10.1 Å². The summed E-state index contributed by atoms with van der Waals surface area (Å²) in [6, 6.07) is 15.7. The Balaban J connectivity index is 1.47. The Bertz CT molecular complexity index is 801. The van der Waals surface area contributed by atoms with Crippen LogP contribution in [0.2, 0.25) is 0 Å². The third-order valence-electron chi connectivity index (χ3n) is 4.86. The van der Waals surface area contributed by atoms with E-state index >= 15 is 0 Å². The van der Waals surface area contributed by atoms with Crippen molar-refractivity contribution >= 4 is 11.8 Å². The summed E-state index contributed by atoms with van der Waals surface area (Å²) >= 11 is 0. The van der Waals surface area contributed by atoms with E-state index in [9.17, 15) is 9.59 Å². The van der Waals surface area contributed by atoms with Crippen LogP contribution in [-0.4, -0.2) is 43.0 Å². The monoisotopic (exact) mass is 366 g/mol. The van der Waals surface area contributed by atoms with Crippen LogP contribution in [0.1, 0.15) is 23.1 Å². The van der Waals surface area contributed by atoms with Gasteiger partial charge in [0.15, 0.2) is 0 Å². The third-order valence-corrected chi connectivity index (χ3v) is 4.86. The number of carbonyl (C=O) groups excluding carboxylic acids is 2. The molecule has 0 spiro atoms. The zero-order valence-corrected chi connectivity index (χ0v) is 15.9. The first kappa shape index (κ1) is 19.0. The molecule has 0 radical (unpaired) electrons. The maximum Gasteiger partial charge on any atom is 0.224 e. The first-order chi connectivity index (χ1) is 13.0. The molecule has 27 heavy (non-hydrogen) atoms. The maximum absolute atomic E-state index is 12.3. The van der Waals surface area contributed by atoms with Crippen LogP contribution in [0.15, 0.2) is 48.5 Å². The number of benzene rings is 2. The van der Waals surface area contributed by atoms with Crippen LogP contribution in [0.25, 0.3) is 0 Å². The molecule has 1 aliphatic heterocycles. The van der Waals surface area contributed by atoms with Crippen LogP contribution in [0.3, 0.4) is 0 Å². The molecular weight excluding hydrogens is 340 g/mol. The molecule has 0 aliphatic carbocycles. The molecule has 1 atom stereocenters. The fourth-order valence-electron chi connectivity index (χ4n) is 3.43. The van der Waals surface area contributed by atoms with Crippen molar-refractivity contribution in [3.63, 3.8) is 0 Å². The molecule has 0 unspecified atom stereocenters. The Morgan fingerprint density at radius 3 is 2.67 bits per heavy atom. The van der Waals surface area contributed by atoms with Crippen LogP contribution >= 0.6 is 0 Å². The number of ether oxygens (including phenoxy) is 1. The Morgan fingerprint density at radius 1 is 1.19 bits per heavy atom. The van der Waals surface area contributed by atoms with Gasteiger partial charge in [0.05, 0.1) is 19.6 Å². The summed E-state index contributed by atoms with van der Waals surface area (Å²) < 4.78 is 5.16. The largest absolute Gasteiger partial charge is 0.497 e. The molecule has 1 aliphatic rings. The molecule has 0 bridgehead atoms. The number of nitrogens with one attached hydrogen (secondary N) is 1. The molecule has 0 saturated carbocycles. The van der Waals surface area contributed by atoms with Gasteiger partial charge in [-0.05, 0) is 36.6 Å². The van der Waals surface area contributed by atoms with E-state index in [1.807, 2.05) is 60.4 Å². The molecule has 2 aromatic carbocycles. The second-order valence-electron chi connectivity index (χ2n) is 7.07. The summed E-state index contributed by atoms with van der Waals surface area (Å²) in [6.45, 7) is 3.25. The third kappa shape index (κ3) is 5.33. The number of methoxy groups -OCH3 is 1. The van der Waals surface area contributed by atoms with E-state index in [1.54, 1.807) is 7.11 Å². The van der Waals surface area contributed by atoms with Gasteiger partial charge < -0.3 is 15.0 Å². The summed E-state index contributed by atoms with van der Waals surface area (Å²) in [5, 5.41) is 3.00. The molecular formula is C22H26N2O3. The number of hydrogen-bond donors (Lipinski definition) is 1. The normalized spacial score (nSPS) is 16.4. The summed E-state index contributed by atoms with van der Waals surface area (Å²) in [6.07, 6.45) is 1.51. The Kier molecular flexibility index (Phi) is 6.12. The fraction of sp³-hybridized carbons (Fsp3) is 0.364. The number of hydrogen-bond acceptors (Lipinski definition) is 3. The highest BCUT2D eigenvalue weighted by molar-refractivity contribution is 5.83. The molecule has 5 heteroatoms. The molecule has 142 valence electrons. The minimum atomic E-state index is -0.106. The maximum atomic E-state index is 12.3. The average molecular weight is 366 g/mol. The topological polar surface area (TPSA) is 58.6 Å². The van der Waals surface area contributed by atoms with Crippen LogP contribution in [0.4, 0.5) is 0 Å². The molecule has 2 amide bonds. The Morgan fingerprint density at radius 2 is 1.96 bits per heavy atom. The van der Waals surface area contributed by atoms with Crippen molar-refractivity contribution in [2.45, 2.75) is 32.2 Å². The van der Waals surface area contributed by atoms with Gasteiger partial charge in [-0.1, -0.05) is 42.0 Å². The molecule has 1 saturated heterocycles. The molecule has 0 aromatic heterocycles. The molecule has 3 rings (SSSR count). The highest BCUT2D eigenvalue weighted by atomic mass is 16.5. The second-order valence-corrected chi connectivity index (χ2v) is 7.07. The lowest BCUT2D eigenvalue weighted by atomic mass is 10.1. The minimum Gasteiger partial charge on any atom is -0.497 e. The summed E-state index contributed by atoms with van der Waals surface area (Å²) in [5.74, 6) is 0.896. The highest BCUT2D eigenvalue weighted by Crippen LogP contribution is 2.15. The van der Waals surface area contributed by atoms with E-state index in [4.69, 9.17) is 4.74 Å². The predicted molar refractivity (Wildman–Crippen MR) is 105 cm³/mol. The number of nitrogens with zero attached hydrogens (tertiary/aromatic N) is 1. The number of carbonyl (C=O) groups is 2. The van der Waals surface area contributed by atoms with E-state index < -0.39 is 0 Å². The van der Waals surface area contributed by atoms with Gasteiger partial charge >= 0.3 is 0 Å². The van der Waals surface area contributed by atoms with Gasteiger partial charge in [-0.25, -0.2) is 0 Å². The smallest absolute Gasteiger partial charge is 0.224 e. The average Bonchev–Trinajstić information content (AvgIpc) is 2.99. The van der Waals surface area contributed by atoms with E-state index in [1.165, 1.54) is 0 Å². The number of likely N-dealkylation sites (tertiary alicyclic amines) is 1. The van der Waals surface area contributed by atoms with Gasteiger partial charge in [0.2, 0.25) is 11.8 Å². The van der Waals surface area contributed by atoms with Crippen molar-refractivity contribution in [2.24, 2.45) is 0 Å². The lowest BCUT2D eigenvalue weighted by Gasteiger charge is -2.17. The first-order valence-electron chi connectivity index (χ1n) is 9.29. The highest BCUT2D eigenvalue weighted by Gasteiger charge is 2.30. The molecule has 1 fully saturated rings. The van der Waals surface area contributed by atoms with Crippen molar-refractivity contribution < 1.29 is 14.3 Å². The van der Waals surface area contributed by atoms with Gasteiger partial charge in [-0.15, -0.1) is 0 Å². The van der Waals surface area contributed by atoms with E-state index in [0.29, 0.717) is 25.9 Å². The second kappa shape index (κ2) is 8.71. The Labute approximate surface area is 160 Å². The van der Waals surface area contributed by atoms with Gasteiger partial charge in [0.1, 0.15) is 5.75 Å². The molecule has 5 nitrogen and oxygen atoms in total. The number of aryl methyl sites for hydroxylation is 1. The Hall–Kier alpha value is -2.82. The molecule has 1 N–H and O–H groups in total. The standard InChI is InChI=1S/C22H26N2O3/c1-16-4-3-5-18(12-16)13-21(25)23-19-14-22(26)24(15-19)11-10-17-6-8-20(27-2)9-7-17/h3-9,12,19H,10-11,13-15H2,1-2H3,(H,23,25)/t19-/m1/s1. The van der Waals surface area contributed by atoms with E-state index in [2.05, 4.69) is 5.32 Å². The van der Waals surface area contributed by atoms with E-state index in [0.717, 1.165) is 28.9 Å². The van der Waals surface area contributed by atoms with Crippen molar-refractivity contribution in [3.05, 3.63) is 65.2 Å². The summed E-state index contributed by atoms with van der Waals surface area (Å²) in [4.78, 5) is 26.4. The zero-order valence-electron chi connectivity index (χ0n) is 15.9. The molecule has 1 heterocycles. The van der Waals surface area contributed by atoms with Crippen molar-refractivity contribution in [3.8, 4) is 5.75 Å². The quantitative estimate of drug-likeness (QED) is 0.819. The molecule has 2 aromatic rings. The van der Waals surface area contributed by atoms with E-state index in [-0.39, 0.29) is 17.9 Å². The summed E-state index contributed by atoms with van der Waals surface area (Å²) in [5.41, 5.74) is 3.30. The summed E-state index contributed by atoms with van der Waals surface area (Å²) in [7, 11) is 1.64. The minimum absolute atomic E-state index is 0.0320. The van der Waals surface area contributed by atoms with Gasteiger partial charge in [-0.2, -0.15) is 0 Å². The lowest BCUT2D eigenvalue weighted by molar-refractivity contribution is -0.127. The number of amides is 2.